The van der Waals surface area contributed by atoms with E-state index in [1.54, 1.807) is 7.05 Å². The van der Waals surface area contributed by atoms with Gasteiger partial charge in [-0.15, -0.1) is 0 Å². The van der Waals surface area contributed by atoms with Crippen molar-refractivity contribution in [2.24, 2.45) is 0 Å². The Hall–Kier alpha value is -2.00. The Bertz CT molecular complexity index is 857. The van der Waals surface area contributed by atoms with Gasteiger partial charge in [0.2, 0.25) is 5.91 Å². The Morgan fingerprint density at radius 2 is 1.97 bits per heavy atom. The number of likely N-dealkylation sites (N-methyl/N-ethyl adjacent to an activating group) is 1. The van der Waals surface area contributed by atoms with Crippen LogP contribution >= 0.6 is 0 Å². The molecule has 0 saturated carbocycles. The van der Waals surface area contributed by atoms with Crippen LogP contribution in [0.2, 0.25) is 0 Å². The molecule has 0 aromatic heterocycles. The van der Waals surface area contributed by atoms with E-state index in [4.69, 9.17) is 4.74 Å². The van der Waals surface area contributed by atoms with Crippen molar-refractivity contribution in [3.8, 4) is 0 Å². The molecule has 170 valence electrons. The van der Waals surface area contributed by atoms with Crippen molar-refractivity contribution < 1.29 is 40.6 Å². The number of nitrogens with zero attached hydrogens (tertiary/aromatic N) is 2. The van der Waals surface area contributed by atoms with E-state index in [-0.39, 0.29) is 37.0 Å². The summed E-state index contributed by atoms with van der Waals surface area (Å²) in [6.07, 6.45) is 15.8. The molecule has 0 bridgehead atoms. The van der Waals surface area contributed by atoms with Gasteiger partial charge in [-0.1, -0.05) is 61.6 Å². The van der Waals surface area contributed by atoms with Gasteiger partial charge in [0.05, 0.1) is 18.9 Å². The quantitative estimate of drug-likeness (QED) is 0.280. The third kappa shape index (κ3) is 9.65. The summed E-state index contributed by atoms with van der Waals surface area (Å²) in [4.78, 5) is 15.6. The van der Waals surface area contributed by atoms with E-state index in [0.29, 0.717) is 26.2 Å². The van der Waals surface area contributed by atoms with Crippen molar-refractivity contribution in [1.29, 1.82) is 0 Å². The van der Waals surface area contributed by atoms with Gasteiger partial charge in [0.25, 0.3) is 0 Å². The number of nitrogens with one attached hydrogen (secondary N) is 1. The minimum Gasteiger partial charge on any atom is -0.523 e. The van der Waals surface area contributed by atoms with Crippen molar-refractivity contribution in [3.05, 3.63) is 103 Å². The SMILES string of the molecule is [CH2-]N(CCC(=O)NC)C(/C=C\CC)=C1\C=CC(/C=C/COCc2ccccc2)=CN1C.[U]. The van der Waals surface area contributed by atoms with Crippen LogP contribution in [0, 0.1) is 38.2 Å². The number of amides is 1. The molecule has 0 aliphatic carbocycles. The number of carbonyl (C=O) groups is 1. The first-order chi connectivity index (χ1) is 15.0. The summed E-state index contributed by atoms with van der Waals surface area (Å²) in [6, 6.07) is 10.2. The normalized spacial score (nSPS) is 15.0. The molecule has 1 aliphatic heterocycles. The van der Waals surface area contributed by atoms with E-state index in [9.17, 15) is 4.79 Å². The maximum Gasteiger partial charge on any atom is 0.221 e. The molecule has 0 atom stereocenters. The zero-order chi connectivity index (χ0) is 22.5. The molecule has 0 spiro atoms. The summed E-state index contributed by atoms with van der Waals surface area (Å²) < 4.78 is 5.71. The second-order valence-corrected chi connectivity index (χ2v) is 7.24. The first kappa shape index (κ1) is 28.0. The van der Waals surface area contributed by atoms with Crippen LogP contribution < -0.4 is 5.32 Å². The summed E-state index contributed by atoms with van der Waals surface area (Å²) in [5, 5.41) is 2.66. The largest absolute Gasteiger partial charge is 0.523 e. The summed E-state index contributed by atoms with van der Waals surface area (Å²) in [7, 11) is 7.82. The molecule has 0 saturated heterocycles. The molecule has 0 unspecified atom stereocenters. The average Bonchev–Trinajstić information content (AvgIpc) is 2.79. The smallest absolute Gasteiger partial charge is 0.221 e. The molecule has 1 aromatic carbocycles. The fourth-order valence-electron chi connectivity index (χ4n) is 3.06. The van der Waals surface area contributed by atoms with Gasteiger partial charge in [-0.05, 0) is 36.3 Å². The van der Waals surface area contributed by atoms with Crippen LogP contribution in [0.1, 0.15) is 25.3 Å². The van der Waals surface area contributed by atoms with Crippen LogP contribution in [0.15, 0.2) is 90.0 Å². The number of hydrogen-bond donors (Lipinski definition) is 1. The van der Waals surface area contributed by atoms with Crippen molar-refractivity contribution in [1.82, 2.24) is 15.1 Å². The molecule has 5 nitrogen and oxygen atoms in total. The molecule has 32 heavy (non-hydrogen) atoms. The van der Waals surface area contributed by atoms with Gasteiger partial charge in [0.1, 0.15) is 0 Å². The maximum atomic E-state index is 11.6. The molecule has 1 heterocycles. The average molecular weight is 659 g/mol. The standard InChI is InChI=1S/C26H34N3O2.U/c1-5-6-14-24(28(3)18-17-26(30)27-2)25-16-15-22(20-29(25)4)13-10-19-31-21-23-11-8-7-9-12-23;/h6-16,20H,3,5,17-19,21H2,1-2,4H3,(H,27,30);/q-1;/b13-10+,14-6-,25-24+;. The molecular weight excluding hydrogens is 624 g/mol. The first-order valence-electron chi connectivity index (χ1n) is 10.7. The Labute approximate surface area is 217 Å². The number of hydrogen-bond acceptors (Lipinski definition) is 4. The summed E-state index contributed by atoms with van der Waals surface area (Å²) >= 11 is 0. The van der Waals surface area contributed by atoms with Gasteiger partial charge in [0, 0.05) is 63.5 Å². The maximum absolute atomic E-state index is 11.6. The topological polar surface area (TPSA) is 44.8 Å². The van der Waals surface area contributed by atoms with Gasteiger partial charge in [0.15, 0.2) is 0 Å². The summed E-state index contributed by atoms with van der Waals surface area (Å²) in [5.41, 5.74) is 4.28. The fraction of sp³-hybridized carbons (Fsp3) is 0.308. The molecule has 1 amide bonds. The third-order valence-electron chi connectivity index (χ3n) is 4.79. The first-order valence-corrected chi connectivity index (χ1v) is 10.7. The number of benzene rings is 1. The van der Waals surface area contributed by atoms with E-state index in [1.165, 1.54) is 5.56 Å². The number of rotatable bonds is 11. The predicted octanol–water partition coefficient (Wildman–Crippen LogP) is 4.55. The number of ether oxygens (including phenoxy) is 1. The van der Waals surface area contributed by atoms with Crippen molar-refractivity contribution in [2.45, 2.75) is 26.4 Å². The van der Waals surface area contributed by atoms with Gasteiger partial charge < -0.3 is 19.9 Å². The number of carbonyl (C=O) groups excluding carboxylic acids is 1. The second kappa shape index (κ2) is 15.7. The fourth-order valence-corrected chi connectivity index (χ4v) is 3.06. The van der Waals surface area contributed by atoms with Crippen LogP contribution in [0.4, 0.5) is 0 Å². The summed E-state index contributed by atoms with van der Waals surface area (Å²) in [6.45, 7) is 3.81. The Morgan fingerprint density at radius 1 is 1.22 bits per heavy atom. The van der Waals surface area contributed by atoms with Crippen LogP contribution in [0.3, 0.4) is 0 Å². The van der Waals surface area contributed by atoms with Gasteiger partial charge >= 0.3 is 0 Å². The second-order valence-electron chi connectivity index (χ2n) is 7.24. The number of allylic oxidation sites excluding steroid dienone is 6. The van der Waals surface area contributed by atoms with E-state index >= 15 is 0 Å². The van der Waals surface area contributed by atoms with E-state index in [2.05, 4.69) is 72.9 Å². The molecule has 1 aromatic rings. The molecule has 2 rings (SSSR count). The Kier molecular flexibility index (Phi) is 13.8. The Morgan fingerprint density at radius 3 is 2.62 bits per heavy atom. The summed E-state index contributed by atoms with van der Waals surface area (Å²) in [5.74, 6) is 0.00631. The molecule has 1 N–H and O–H groups in total. The van der Waals surface area contributed by atoms with E-state index in [0.717, 1.165) is 23.4 Å². The third-order valence-corrected chi connectivity index (χ3v) is 4.79. The predicted molar refractivity (Wildman–Crippen MR) is 127 cm³/mol. The molecular formula is C26H34N3O2U-. The van der Waals surface area contributed by atoms with Crippen LogP contribution in [-0.2, 0) is 16.1 Å². The zero-order valence-corrected chi connectivity index (χ0v) is 23.5. The monoisotopic (exact) mass is 658 g/mol. The molecule has 0 fully saturated rings. The zero-order valence-electron chi connectivity index (χ0n) is 19.4. The minimum absolute atomic E-state index is 0. The van der Waals surface area contributed by atoms with Gasteiger partial charge in [-0.3, -0.25) is 11.8 Å². The Balaban J connectivity index is 0.00000512. The molecule has 0 radical (unpaired) electrons. The van der Waals surface area contributed by atoms with Crippen molar-refractivity contribution in [2.75, 3.05) is 27.2 Å². The van der Waals surface area contributed by atoms with Gasteiger partial charge in [-0.2, -0.15) is 0 Å². The molecule has 6 heteroatoms. The van der Waals surface area contributed by atoms with Crippen LogP contribution in [0.5, 0.6) is 0 Å². The van der Waals surface area contributed by atoms with E-state index in [1.807, 2.05) is 36.2 Å². The van der Waals surface area contributed by atoms with Crippen LogP contribution in [0.25, 0.3) is 0 Å². The minimum atomic E-state index is 0. The van der Waals surface area contributed by atoms with Crippen molar-refractivity contribution in [3.63, 3.8) is 0 Å². The van der Waals surface area contributed by atoms with Crippen molar-refractivity contribution >= 4 is 5.91 Å². The van der Waals surface area contributed by atoms with E-state index < -0.39 is 0 Å². The van der Waals surface area contributed by atoms with Gasteiger partial charge in [-0.25, -0.2) is 0 Å². The van der Waals surface area contributed by atoms with Crippen LogP contribution in [-0.4, -0.2) is 43.0 Å². The molecule has 1 aliphatic rings.